The van der Waals surface area contributed by atoms with Crippen LogP contribution >= 0.6 is 34.4 Å². The quantitative estimate of drug-likeness (QED) is 0.868. The molecule has 3 nitrogen and oxygen atoms in total. The van der Waals surface area contributed by atoms with E-state index in [1.54, 1.807) is 39.9 Å². The molecule has 0 aliphatic heterocycles. The Kier molecular flexibility index (Phi) is 3.96. The number of rotatable bonds is 4. The van der Waals surface area contributed by atoms with E-state index in [0.29, 0.717) is 0 Å². The van der Waals surface area contributed by atoms with Gasteiger partial charge in [-0.25, -0.2) is 0 Å². The van der Waals surface area contributed by atoms with Crippen LogP contribution in [0.1, 0.15) is 21.9 Å². The van der Waals surface area contributed by atoms with E-state index in [1.807, 2.05) is 6.92 Å². The Morgan fingerprint density at radius 1 is 1.44 bits per heavy atom. The highest BCUT2D eigenvalue weighted by Crippen LogP contribution is 2.40. The fourth-order valence-corrected chi connectivity index (χ4v) is 4.28. The third-order valence-electron chi connectivity index (χ3n) is 2.09. The van der Waals surface area contributed by atoms with Crippen molar-refractivity contribution in [2.45, 2.75) is 29.5 Å². The van der Waals surface area contributed by atoms with Gasteiger partial charge < -0.3 is 5.73 Å². The lowest BCUT2D eigenvalue weighted by Gasteiger charge is -2.17. The standard InChI is InChI=1S/C10H13N3S3/c1-6-3-4-8(15-6)9(7(2)11)16-10-13-12-5-14-10/h3-5,7,9H,11H2,1-2H3. The van der Waals surface area contributed by atoms with Crippen LogP contribution in [0.2, 0.25) is 0 Å². The maximum Gasteiger partial charge on any atom is 0.174 e. The van der Waals surface area contributed by atoms with Crippen molar-refractivity contribution in [3.05, 3.63) is 27.4 Å². The van der Waals surface area contributed by atoms with Crippen molar-refractivity contribution in [1.29, 1.82) is 0 Å². The zero-order valence-electron chi connectivity index (χ0n) is 9.08. The molecule has 0 aliphatic rings. The fraction of sp³-hybridized carbons (Fsp3) is 0.400. The minimum Gasteiger partial charge on any atom is -0.327 e. The van der Waals surface area contributed by atoms with Gasteiger partial charge in [0.1, 0.15) is 5.51 Å². The van der Waals surface area contributed by atoms with Crippen molar-refractivity contribution in [3.8, 4) is 0 Å². The molecule has 2 atom stereocenters. The molecule has 6 heteroatoms. The second-order valence-corrected chi connectivity index (χ2v) is 7.09. The van der Waals surface area contributed by atoms with Crippen LogP contribution in [0.4, 0.5) is 0 Å². The molecule has 0 saturated heterocycles. The molecule has 0 saturated carbocycles. The number of thioether (sulfide) groups is 1. The second-order valence-electron chi connectivity index (χ2n) is 3.55. The van der Waals surface area contributed by atoms with Crippen LogP contribution in [0.15, 0.2) is 22.0 Å². The van der Waals surface area contributed by atoms with Crippen LogP contribution in [0.5, 0.6) is 0 Å². The van der Waals surface area contributed by atoms with E-state index < -0.39 is 0 Å². The number of hydrogen-bond acceptors (Lipinski definition) is 6. The van der Waals surface area contributed by atoms with Crippen molar-refractivity contribution < 1.29 is 0 Å². The molecular formula is C10H13N3S3. The first-order valence-corrected chi connectivity index (χ1v) is 7.49. The molecule has 0 aromatic carbocycles. The Bertz CT molecular complexity index is 436. The number of thiophene rings is 1. The fourth-order valence-electron chi connectivity index (χ4n) is 1.35. The van der Waals surface area contributed by atoms with Gasteiger partial charge in [-0.05, 0) is 26.0 Å². The summed E-state index contributed by atoms with van der Waals surface area (Å²) >= 11 is 5.06. The Labute approximate surface area is 107 Å². The molecule has 0 amide bonds. The molecule has 0 bridgehead atoms. The van der Waals surface area contributed by atoms with E-state index in [1.165, 1.54) is 9.75 Å². The average molecular weight is 271 g/mol. The number of nitrogens with zero attached hydrogens (tertiary/aromatic N) is 2. The van der Waals surface area contributed by atoms with Gasteiger partial charge in [-0.2, -0.15) is 0 Å². The third kappa shape index (κ3) is 2.82. The molecule has 2 aromatic heterocycles. The highest BCUT2D eigenvalue weighted by Gasteiger charge is 2.20. The summed E-state index contributed by atoms with van der Waals surface area (Å²) in [5, 5.41) is 8.17. The molecule has 16 heavy (non-hydrogen) atoms. The first kappa shape index (κ1) is 12.0. The van der Waals surface area contributed by atoms with Crippen molar-refractivity contribution >= 4 is 34.4 Å². The molecule has 0 spiro atoms. The minimum absolute atomic E-state index is 0.104. The molecule has 2 heterocycles. The normalized spacial score (nSPS) is 14.9. The summed E-state index contributed by atoms with van der Waals surface area (Å²) in [6.45, 7) is 4.15. The number of aromatic nitrogens is 2. The van der Waals surface area contributed by atoms with E-state index in [4.69, 9.17) is 5.73 Å². The first-order valence-electron chi connectivity index (χ1n) is 4.91. The lowest BCUT2D eigenvalue weighted by molar-refractivity contribution is 0.729. The summed E-state index contributed by atoms with van der Waals surface area (Å²) in [6, 6.07) is 4.39. The molecule has 2 aromatic rings. The van der Waals surface area contributed by atoms with Gasteiger partial charge in [-0.1, -0.05) is 23.1 Å². The van der Waals surface area contributed by atoms with Crippen LogP contribution < -0.4 is 5.73 Å². The van der Waals surface area contributed by atoms with Gasteiger partial charge in [0, 0.05) is 15.8 Å². The van der Waals surface area contributed by atoms with Crippen LogP contribution in [0.25, 0.3) is 0 Å². The SMILES string of the molecule is Cc1ccc(C(Sc2nncs2)C(C)N)s1. The Morgan fingerprint density at radius 2 is 2.25 bits per heavy atom. The van der Waals surface area contributed by atoms with E-state index in [2.05, 4.69) is 29.3 Å². The molecule has 2 unspecified atom stereocenters. The summed E-state index contributed by atoms with van der Waals surface area (Å²) in [7, 11) is 0. The van der Waals surface area contributed by atoms with E-state index >= 15 is 0 Å². The molecule has 2 rings (SSSR count). The number of nitrogens with two attached hydrogens (primary N) is 1. The van der Waals surface area contributed by atoms with Gasteiger partial charge in [0.2, 0.25) is 0 Å². The van der Waals surface area contributed by atoms with Crippen LogP contribution in [0, 0.1) is 6.92 Å². The zero-order chi connectivity index (χ0) is 11.5. The maximum atomic E-state index is 6.04. The lowest BCUT2D eigenvalue weighted by atomic mass is 10.2. The van der Waals surface area contributed by atoms with Crippen LogP contribution in [-0.4, -0.2) is 16.2 Å². The van der Waals surface area contributed by atoms with Gasteiger partial charge in [-0.3, -0.25) is 0 Å². The molecular weight excluding hydrogens is 258 g/mol. The van der Waals surface area contributed by atoms with Gasteiger partial charge in [-0.15, -0.1) is 21.5 Å². The number of aryl methyl sites for hydroxylation is 1. The summed E-state index contributed by atoms with van der Waals surface area (Å²) in [4.78, 5) is 2.63. The van der Waals surface area contributed by atoms with E-state index in [9.17, 15) is 0 Å². The maximum absolute atomic E-state index is 6.04. The van der Waals surface area contributed by atoms with Gasteiger partial charge >= 0.3 is 0 Å². The van der Waals surface area contributed by atoms with Crippen molar-refractivity contribution in [3.63, 3.8) is 0 Å². The van der Waals surface area contributed by atoms with Crippen LogP contribution in [-0.2, 0) is 0 Å². The van der Waals surface area contributed by atoms with Crippen molar-refractivity contribution in [2.75, 3.05) is 0 Å². The molecule has 86 valence electrons. The van der Waals surface area contributed by atoms with Gasteiger partial charge in [0.15, 0.2) is 4.34 Å². The monoisotopic (exact) mass is 271 g/mol. The largest absolute Gasteiger partial charge is 0.327 e. The van der Waals surface area contributed by atoms with Gasteiger partial charge in [0.25, 0.3) is 0 Å². The third-order valence-corrected chi connectivity index (χ3v) is 5.60. The van der Waals surface area contributed by atoms with E-state index in [-0.39, 0.29) is 11.3 Å². The highest BCUT2D eigenvalue weighted by atomic mass is 32.2. The summed E-state index contributed by atoms with van der Waals surface area (Å²) in [5.74, 6) is 0. The first-order chi connectivity index (χ1) is 7.66. The Balaban J connectivity index is 2.18. The molecule has 0 aliphatic carbocycles. The summed E-state index contributed by atoms with van der Waals surface area (Å²) < 4.78 is 0.980. The average Bonchev–Trinajstić information content (AvgIpc) is 2.84. The van der Waals surface area contributed by atoms with Crippen molar-refractivity contribution in [1.82, 2.24) is 10.2 Å². The van der Waals surface area contributed by atoms with Crippen LogP contribution in [0.3, 0.4) is 0 Å². The molecule has 2 N–H and O–H groups in total. The predicted molar refractivity (Wildman–Crippen MR) is 71.2 cm³/mol. The highest BCUT2D eigenvalue weighted by molar-refractivity contribution is 8.01. The minimum atomic E-state index is 0.104. The Hall–Kier alpha value is -0.430. The predicted octanol–water partition coefficient (Wildman–Crippen LogP) is 3.09. The number of hydrogen-bond donors (Lipinski definition) is 1. The van der Waals surface area contributed by atoms with E-state index in [0.717, 1.165) is 4.34 Å². The summed E-state index contributed by atoms with van der Waals surface area (Å²) in [5.41, 5.74) is 7.79. The summed E-state index contributed by atoms with van der Waals surface area (Å²) in [6.07, 6.45) is 0. The Morgan fingerprint density at radius 3 is 2.75 bits per heavy atom. The van der Waals surface area contributed by atoms with Gasteiger partial charge in [0.05, 0.1) is 5.25 Å². The zero-order valence-corrected chi connectivity index (χ0v) is 11.5. The topological polar surface area (TPSA) is 51.8 Å². The molecule has 0 fully saturated rings. The van der Waals surface area contributed by atoms with Crippen molar-refractivity contribution in [2.24, 2.45) is 5.73 Å². The second kappa shape index (κ2) is 5.27. The smallest absolute Gasteiger partial charge is 0.174 e. The molecule has 0 radical (unpaired) electrons. The lowest BCUT2D eigenvalue weighted by Crippen LogP contribution is -2.21.